The third-order valence-corrected chi connectivity index (χ3v) is 4.04. The van der Waals surface area contributed by atoms with Crippen LogP contribution in [0.4, 0.5) is 5.69 Å². The topological polar surface area (TPSA) is 86.9 Å². The standard InChI is InChI=1S/C20H20N4O2/c1-13-8-10-16(11-9-13)24-20(26)18-17(21-12-22-18)19(25)23-14(2)15-6-4-3-5-7-15/h3-12,14H,1-2H3,(H,21,22)(H,23,25)(H,24,26). The first-order chi connectivity index (χ1) is 12.5. The number of aromatic amines is 1. The molecule has 0 aliphatic carbocycles. The molecule has 6 nitrogen and oxygen atoms in total. The van der Waals surface area contributed by atoms with Crippen molar-refractivity contribution >= 4 is 17.5 Å². The van der Waals surface area contributed by atoms with Crippen molar-refractivity contribution in [1.82, 2.24) is 15.3 Å². The number of benzene rings is 2. The van der Waals surface area contributed by atoms with E-state index in [0.717, 1.165) is 11.1 Å². The predicted molar refractivity (Wildman–Crippen MR) is 100 cm³/mol. The molecular weight excluding hydrogens is 328 g/mol. The summed E-state index contributed by atoms with van der Waals surface area (Å²) in [6, 6.07) is 16.8. The second kappa shape index (κ2) is 7.65. The van der Waals surface area contributed by atoms with Crippen molar-refractivity contribution in [2.45, 2.75) is 19.9 Å². The second-order valence-electron chi connectivity index (χ2n) is 6.05. The van der Waals surface area contributed by atoms with E-state index < -0.39 is 5.91 Å². The van der Waals surface area contributed by atoms with Crippen LogP contribution in [-0.4, -0.2) is 21.8 Å². The van der Waals surface area contributed by atoms with Gasteiger partial charge in [0.25, 0.3) is 11.8 Å². The summed E-state index contributed by atoms with van der Waals surface area (Å²) in [6.07, 6.45) is 1.34. The summed E-state index contributed by atoms with van der Waals surface area (Å²) in [7, 11) is 0. The predicted octanol–water partition coefficient (Wildman–Crippen LogP) is 3.46. The molecule has 0 bridgehead atoms. The van der Waals surface area contributed by atoms with Gasteiger partial charge >= 0.3 is 0 Å². The Bertz CT molecular complexity index is 901. The highest BCUT2D eigenvalue weighted by atomic mass is 16.2. The van der Waals surface area contributed by atoms with Gasteiger partial charge in [0, 0.05) is 5.69 Å². The van der Waals surface area contributed by atoms with E-state index in [0.29, 0.717) is 5.69 Å². The number of carbonyl (C=O) groups excluding carboxylic acids is 2. The molecule has 3 aromatic rings. The normalized spacial score (nSPS) is 11.6. The molecule has 132 valence electrons. The number of hydrogen-bond donors (Lipinski definition) is 3. The van der Waals surface area contributed by atoms with Gasteiger partial charge < -0.3 is 15.6 Å². The van der Waals surface area contributed by atoms with Gasteiger partial charge in [0.1, 0.15) is 5.69 Å². The van der Waals surface area contributed by atoms with Gasteiger partial charge in [-0.25, -0.2) is 4.98 Å². The van der Waals surface area contributed by atoms with E-state index in [1.807, 2.05) is 56.3 Å². The third kappa shape index (κ3) is 3.97. The van der Waals surface area contributed by atoms with E-state index in [-0.39, 0.29) is 23.3 Å². The van der Waals surface area contributed by atoms with Crippen molar-refractivity contribution in [1.29, 1.82) is 0 Å². The smallest absolute Gasteiger partial charge is 0.276 e. The molecule has 0 radical (unpaired) electrons. The van der Waals surface area contributed by atoms with Gasteiger partial charge in [-0.3, -0.25) is 9.59 Å². The number of H-pyrrole nitrogens is 1. The molecule has 0 spiro atoms. The van der Waals surface area contributed by atoms with Crippen LogP contribution in [0.2, 0.25) is 0 Å². The maximum atomic E-state index is 12.5. The van der Waals surface area contributed by atoms with Crippen LogP contribution in [0, 0.1) is 6.92 Å². The molecular formula is C20H20N4O2. The zero-order valence-electron chi connectivity index (χ0n) is 14.6. The molecule has 0 fully saturated rings. The van der Waals surface area contributed by atoms with Crippen LogP contribution in [0.3, 0.4) is 0 Å². The van der Waals surface area contributed by atoms with Crippen LogP contribution >= 0.6 is 0 Å². The number of nitrogens with one attached hydrogen (secondary N) is 3. The average molecular weight is 348 g/mol. The van der Waals surface area contributed by atoms with Crippen LogP contribution in [-0.2, 0) is 0 Å². The number of carbonyl (C=O) groups is 2. The van der Waals surface area contributed by atoms with Gasteiger partial charge in [-0.1, -0.05) is 48.0 Å². The zero-order valence-corrected chi connectivity index (χ0v) is 14.6. The van der Waals surface area contributed by atoms with Crippen molar-refractivity contribution in [2.75, 3.05) is 5.32 Å². The Kier molecular flexibility index (Phi) is 5.12. The number of nitrogens with zero attached hydrogens (tertiary/aromatic N) is 1. The lowest BCUT2D eigenvalue weighted by molar-refractivity contribution is 0.0923. The van der Waals surface area contributed by atoms with Crippen LogP contribution in [0.1, 0.15) is 45.1 Å². The minimum Gasteiger partial charge on any atom is -0.344 e. The number of anilines is 1. The molecule has 26 heavy (non-hydrogen) atoms. The molecule has 1 aromatic heterocycles. The lowest BCUT2D eigenvalue weighted by Gasteiger charge is -2.14. The molecule has 0 aliphatic rings. The van der Waals surface area contributed by atoms with Crippen LogP contribution in [0.25, 0.3) is 0 Å². The fraction of sp³-hybridized carbons (Fsp3) is 0.150. The lowest BCUT2D eigenvalue weighted by atomic mass is 10.1. The maximum Gasteiger partial charge on any atom is 0.276 e. The summed E-state index contributed by atoms with van der Waals surface area (Å²) in [4.78, 5) is 31.8. The summed E-state index contributed by atoms with van der Waals surface area (Å²) >= 11 is 0. The van der Waals surface area contributed by atoms with Gasteiger partial charge in [0.05, 0.1) is 12.4 Å². The van der Waals surface area contributed by atoms with Crippen molar-refractivity contribution in [2.24, 2.45) is 0 Å². The fourth-order valence-corrected chi connectivity index (χ4v) is 2.56. The fourth-order valence-electron chi connectivity index (χ4n) is 2.56. The van der Waals surface area contributed by atoms with E-state index in [9.17, 15) is 9.59 Å². The Labute approximate surface area is 151 Å². The first-order valence-electron chi connectivity index (χ1n) is 8.32. The Hall–Kier alpha value is -3.41. The van der Waals surface area contributed by atoms with Crippen molar-refractivity contribution in [3.8, 4) is 0 Å². The van der Waals surface area contributed by atoms with Crippen LogP contribution in [0.5, 0.6) is 0 Å². The molecule has 2 aromatic carbocycles. The van der Waals surface area contributed by atoms with Gasteiger partial charge in [0.2, 0.25) is 0 Å². The molecule has 3 N–H and O–H groups in total. The van der Waals surface area contributed by atoms with E-state index in [2.05, 4.69) is 20.6 Å². The van der Waals surface area contributed by atoms with Crippen LogP contribution in [0.15, 0.2) is 60.9 Å². The molecule has 0 saturated heterocycles. The minimum absolute atomic E-state index is 0.0586. The van der Waals surface area contributed by atoms with Gasteiger partial charge in [-0.15, -0.1) is 0 Å². The Morgan fingerprint density at radius 3 is 2.38 bits per heavy atom. The van der Waals surface area contributed by atoms with Gasteiger partial charge in [-0.2, -0.15) is 0 Å². The van der Waals surface area contributed by atoms with E-state index in [4.69, 9.17) is 0 Å². The largest absolute Gasteiger partial charge is 0.344 e. The van der Waals surface area contributed by atoms with E-state index in [1.165, 1.54) is 6.33 Å². The molecule has 1 unspecified atom stereocenters. The molecule has 0 saturated carbocycles. The second-order valence-corrected chi connectivity index (χ2v) is 6.05. The van der Waals surface area contributed by atoms with Gasteiger partial charge in [0.15, 0.2) is 5.69 Å². The first kappa shape index (κ1) is 17.4. The minimum atomic E-state index is -0.437. The zero-order chi connectivity index (χ0) is 18.5. The number of aromatic nitrogens is 2. The highest BCUT2D eigenvalue weighted by molar-refractivity contribution is 6.10. The summed E-state index contributed by atoms with van der Waals surface area (Å²) in [6.45, 7) is 3.85. The lowest BCUT2D eigenvalue weighted by Crippen LogP contribution is -2.29. The monoisotopic (exact) mass is 348 g/mol. The Morgan fingerprint density at radius 2 is 1.69 bits per heavy atom. The van der Waals surface area contributed by atoms with E-state index >= 15 is 0 Å². The summed E-state index contributed by atoms with van der Waals surface area (Å²) < 4.78 is 0. The van der Waals surface area contributed by atoms with Gasteiger partial charge in [-0.05, 0) is 31.5 Å². The number of rotatable bonds is 5. The SMILES string of the molecule is Cc1ccc(NC(=O)c2nc[nH]c2C(=O)NC(C)c2ccccc2)cc1. The molecule has 3 rings (SSSR count). The van der Waals surface area contributed by atoms with Crippen molar-refractivity contribution in [3.05, 3.63) is 83.4 Å². The van der Waals surface area contributed by atoms with E-state index in [1.54, 1.807) is 12.1 Å². The quantitative estimate of drug-likeness (QED) is 0.660. The summed E-state index contributed by atoms with van der Waals surface area (Å²) in [5.74, 6) is -0.819. The summed E-state index contributed by atoms with van der Waals surface area (Å²) in [5, 5.41) is 5.63. The Morgan fingerprint density at radius 1 is 1.00 bits per heavy atom. The van der Waals surface area contributed by atoms with Crippen molar-refractivity contribution in [3.63, 3.8) is 0 Å². The highest BCUT2D eigenvalue weighted by Gasteiger charge is 2.22. The third-order valence-electron chi connectivity index (χ3n) is 4.04. The number of hydrogen-bond acceptors (Lipinski definition) is 3. The number of imidazole rings is 1. The number of aryl methyl sites for hydroxylation is 1. The number of amides is 2. The average Bonchev–Trinajstić information content (AvgIpc) is 3.14. The van der Waals surface area contributed by atoms with Crippen LogP contribution < -0.4 is 10.6 Å². The Balaban J connectivity index is 1.72. The molecule has 1 atom stereocenters. The molecule has 6 heteroatoms. The maximum absolute atomic E-state index is 12.5. The molecule has 0 aliphatic heterocycles. The van der Waals surface area contributed by atoms with Crippen molar-refractivity contribution < 1.29 is 9.59 Å². The molecule has 2 amide bonds. The summed E-state index contributed by atoms with van der Waals surface area (Å²) in [5.41, 5.74) is 2.91. The first-order valence-corrected chi connectivity index (χ1v) is 8.32. The highest BCUT2D eigenvalue weighted by Crippen LogP contribution is 2.14. The molecule has 1 heterocycles.